The second-order valence-electron chi connectivity index (χ2n) is 4.88. The zero-order chi connectivity index (χ0) is 13.0. The Morgan fingerprint density at radius 1 is 1.26 bits per heavy atom. The van der Waals surface area contributed by atoms with E-state index in [4.69, 9.17) is 5.73 Å². The van der Waals surface area contributed by atoms with Crippen LogP contribution >= 0.6 is 24.0 Å². The molecule has 2 atom stereocenters. The maximum Gasteiger partial charge on any atom is 0.191 e. The molecule has 0 aliphatic heterocycles. The highest BCUT2D eigenvalue weighted by atomic mass is 127. The Balaban J connectivity index is 0.00000180. The molecular weight excluding hydrogens is 349 g/mol. The maximum absolute atomic E-state index is 5.98. The molecule has 0 amide bonds. The molecule has 1 saturated carbocycles. The summed E-state index contributed by atoms with van der Waals surface area (Å²) in [6.07, 6.45) is 1.25. The van der Waals surface area contributed by atoms with Crippen molar-refractivity contribution >= 4 is 29.9 Å². The molecule has 106 valence electrons. The minimum atomic E-state index is 0. The average Bonchev–Trinajstić information content (AvgIpc) is 3.18. The van der Waals surface area contributed by atoms with E-state index in [0.717, 1.165) is 19.6 Å². The lowest BCUT2D eigenvalue weighted by molar-refractivity contribution is 0.457. The van der Waals surface area contributed by atoms with Crippen molar-refractivity contribution in [1.82, 2.24) is 4.90 Å². The van der Waals surface area contributed by atoms with Gasteiger partial charge in [-0.3, -0.25) is 4.99 Å². The van der Waals surface area contributed by atoms with Gasteiger partial charge in [-0.05, 0) is 37.7 Å². The first-order valence-electron chi connectivity index (χ1n) is 6.86. The van der Waals surface area contributed by atoms with Gasteiger partial charge in [-0.2, -0.15) is 0 Å². The SMILES string of the molecule is CCN(CC)C(N)=NCC1CC1c1ccccc1.I. The van der Waals surface area contributed by atoms with Gasteiger partial charge in [0.1, 0.15) is 0 Å². The molecular formula is C15H24IN3. The van der Waals surface area contributed by atoms with E-state index in [9.17, 15) is 0 Å². The molecule has 4 heteroatoms. The van der Waals surface area contributed by atoms with Gasteiger partial charge in [-0.15, -0.1) is 24.0 Å². The van der Waals surface area contributed by atoms with Crippen LogP contribution in [0.5, 0.6) is 0 Å². The van der Waals surface area contributed by atoms with Crippen molar-refractivity contribution in [1.29, 1.82) is 0 Å². The van der Waals surface area contributed by atoms with E-state index in [-0.39, 0.29) is 24.0 Å². The summed E-state index contributed by atoms with van der Waals surface area (Å²) in [5, 5.41) is 0. The molecule has 1 aliphatic carbocycles. The van der Waals surface area contributed by atoms with Crippen molar-refractivity contribution in [3.8, 4) is 0 Å². The number of nitrogens with two attached hydrogens (primary N) is 1. The van der Waals surface area contributed by atoms with Crippen LogP contribution in [0, 0.1) is 5.92 Å². The predicted octanol–water partition coefficient (Wildman–Crippen LogP) is 3.06. The minimum Gasteiger partial charge on any atom is -0.370 e. The zero-order valence-electron chi connectivity index (χ0n) is 11.7. The van der Waals surface area contributed by atoms with E-state index in [1.165, 1.54) is 12.0 Å². The number of benzene rings is 1. The van der Waals surface area contributed by atoms with Crippen LogP contribution in [0.15, 0.2) is 35.3 Å². The summed E-state index contributed by atoms with van der Waals surface area (Å²) in [7, 11) is 0. The highest BCUT2D eigenvalue weighted by Crippen LogP contribution is 2.47. The van der Waals surface area contributed by atoms with Crippen molar-refractivity contribution in [2.45, 2.75) is 26.2 Å². The topological polar surface area (TPSA) is 41.6 Å². The molecule has 2 N–H and O–H groups in total. The summed E-state index contributed by atoms with van der Waals surface area (Å²) in [6.45, 7) is 6.94. The van der Waals surface area contributed by atoms with Crippen molar-refractivity contribution in [3.05, 3.63) is 35.9 Å². The van der Waals surface area contributed by atoms with Gasteiger partial charge in [0, 0.05) is 19.6 Å². The monoisotopic (exact) mass is 373 g/mol. The van der Waals surface area contributed by atoms with E-state index >= 15 is 0 Å². The van der Waals surface area contributed by atoms with E-state index in [0.29, 0.717) is 17.8 Å². The molecule has 0 aromatic heterocycles. The maximum atomic E-state index is 5.98. The van der Waals surface area contributed by atoms with E-state index < -0.39 is 0 Å². The van der Waals surface area contributed by atoms with E-state index in [2.05, 4.69) is 54.1 Å². The number of hydrogen-bond donors (Lipinski definition) is 1. The third-order valence-corrected chi connectivity index (χ3v) is 3.73. The van der Waals surface area contributed by atoms with Crippen molar-refractivity contribution in [3.63, 3.8) is 0 Å². The highest BCUT2D eigenvalue weighted by Gasteiger charge is 2.37. The van der Waals surface area contributed by atoms with Gasteiger partial charge in [-0.1, -0.05) is 30.3 Å². The molecule has 3 nitrogen and oxygen atoms in total. The Morgan fingerprint density at radius 2 is 1.89 bits per heavy atom. The van der Waals surface area contributed by atoms with E-state index in [1.807, 2.05) is 0 Å². The summed E-state index contributed by atoms with van der Waals surface area (Å²) in [5.74, 6) is 2.07. The predicted molar refractivity (Wildman–Crippen MR) is 92.1 cm³/mol. The molecule has 19 heavy (non-hydrogen) atoms. The molecule has 0 saturated heterocycles. The largest absolute Gasteiger partial charge is 0.370 e. The van der Waals surface area contributed by atoms with Crippen molar-refractivity contribution < 1.29 is 0 Å². The summed E-state index contributed by atoms with van der Waals surface area (Å²) in [4.78, 5) is 6.62. The van der Waals surface area contributed by atoms with Gasteiger partial charge in [0.05, 0.1) is 0 Å². The Hall–Kier alpha value is -0.780. The fraction of sp³-hybridized carbons (Fsp3) is 0.533. The lowest BCUT2D eigenvalue weighted by atomic mass is 10.1. The van der Waals surface area contributed by atoms with Crippen LogP contribution in [-0.2, 0) is 0 Å². The molecule has 0 bridgehead atoms. The third kappa shape index (κ3) is 4.37. The van der Waals surface area contributed by atoms with Crippen molar-refractivity contribution in [2.75, 3.05) is 19.6 Å². The van der Waals surface area contributed by atoms with Gasteiger partial charge in [0.15, 0.2) is 5.96 Å². The van der Waals surface area contributed by atoms with Crippen LogP contribution in [0.1, 0.15) is 31.7 Å². The summed E-state index contributed by atoms with van der Waals surface area (Å²) >= 11 is 0. The van der Waals surface area contributed by atoms with Crippen LogP contribution in [0.25, 0.3) is 0 Å². The first-order chi connectivity index (χ1) is 8.76. The first-order valence-corrected chi connectivity index (χ1v) is 6.86. The second-order valence-corrected chi connectivity index (χ2v) is 4.88. The lowest BCUT2D eigenvalue weighted by Crippen LogP contribution is -2.37. The number of rotatable bonds is 5. The van der Waals surface area contributed by atoms with E-state index in [1.54, 1.807) is 0 Å². The molecule has 0 spiro atoms. The van der Waals surface area contributed by atoms with Crippen LogP contribution in [-0.4, -0.2) is 30.5 Å². The Kier molecular flexibility index (Phi) is 6.62. The Morgan fingerprint density at radius 3 is 2.47 bits per heavy atom. The average molecular weight is 373 g/mol. The van der Waals surface area contributed by atoms with Gasteiger partial charge in [0.2, 0.25) is 0 Å². The van der Waals surface area contributed by atoms with Crippen LogP contribution < -0.4 is 5.73 Å². The lowest BCUT2D eigenvalue weighted by Gasteiger charge is -2.19. The second kappa shape index (κ2) is 7.72. The van der Waals surface area contributed by atoms with Gasteiger partial charge in [-0.25, -0.2) is 0 Å². The fourth-order valence-electron chi connectivity index (χ4n) is 2.42. The highest BCUT2D eigenvalue weighted by molar-refractivity contribution is 14.0. The molecule has 0 radical (unpaired) electrons. The first kappa shape index (κ1) is 16.3. The summed E-state index contributed by atoms with van der Waals surface area (Å²) in [6, 6.07) is 10.7. The summed E-state index contributed by atoms with van der Waals surface area (Å²) < 4.78 is 0. The van der Waals surface area contributed by atoms with Gasteiger partial charge < -0.3 is 10.6 Å². The third-order valence-electron chi connectivity index (χ3n) is 3.73. The van der Waals surface area contributed by atoms with Gasteiger partial charge in [0.25, 0.3) is 0 Å². The van der Waals surface area contributed by atoms with Crippen molar-refractivity contribution in [2.24, 2.45) is 16.6 Å². The number of aliphatic imine (C=N–C) groups is 1. The van der Waals surface area contributed by atoms with Gasteiger partial charge >= 0.3 is 0 Å². The fourth-order valence-corrected chi connectivity index (χ4v) is 2.42. The quantitative estimate of drug-likeness (QED) is 0.490. The number of hydrogen-bond acceptors (Lipinski definition) is 1. The number of guanidine groups is 1. The van der Waals surface area contributed by atoms with Crippen LogP contribution in [0.3, 0.4) is 0 Å². The molecule has 2 rings (SSSR count). The Labute approximate surface area is 133 Å². The smallest absolute Gasteiger partial charge is 0.191 e. The molecule has 0 heterocycles. The summed E-state index contributed by atoms with van der Waals surface area (Å²) in [5.41, 5.74) is 7.42. The number of halogens is 1. The zero-order valence-corrected chi connectivity index (χ0v) is 14.1. The normalized spacial score (nSPS) is 21.7. The van der Waals surface area contributed by atoms with Crippen LogP contribution in [0.2, 0.25) is 0 Å². The molecule has 1 aromatic rings. The molecule has 1 fully saturated rings. The molecule has 1 aliphatic rings. The Bertz CT molecular complexity index is 401. The standard InChI is InChI=1S/C15H23N3.HI/c1-3-18(4-2)15(16)17-11-13-10-14(13)12-8-6-5-7-9-12;/h5-9,13-14H,3-4,10-11H2,1-2H3,(H2,16,17);1H. The molecule has 1 aromatic carbocycles. The minimum absolute atomic E-state index is 0. The molecule has 2 unspecified atom stereocenters. The number of nitrogens with zero attached hydrogens (tertiary/aromatic N) is 2. The van der Waals surface area contributed by atoms with Crippen LogP contribution in [0.4, 0.5) is 0 Å².